The van der Waals surface area contributed by atoms with Crippen molar-refractivity contribution in [1.29, 1.82) is 0 Å². The van der Waals surface area contributed by atoms with Crippen molar-refractivity contribution in [3.63, 3.8) is 0 Å². The first-order valence-corrected chi connectivity index (χ1v) is 13.9. The van der Waals surface area contributed by atoms with E-state index in [0.29, 0.717) is 46.4 Å². The molecule has 0 spiro atoms. The minimum Gasteiger partial charge on any atom is -0.493 e. The average molecular weight is 548 g/mol. The molecular weight excluding hydrogens is 514 g/mol. The quantitative estimate of drug-likeness (QED) is 0.142. The first kappa shape index (κ1) is 27.7. The summed E-state index contributed by atoms with van der Waals surface area (Å²) >= 11 is 6.80. The number of amides is 1. The van der Waals surface area contributed by atoms with E-state index in [2.05, 4.69) is 39.0 Å². The van der Waals surface area contributed by atoms with Crippen LogP contribution in [0.15, 0.2) is 71.6 Å². The maximum absolute atomic E-state index is 13.0. The summed E-state index contributed by atoms with van der Waals surface area (Å²) in [6.45, 7) is 7.93. The van der Waals surface area contributed by atoms with E-state index < -0.39 is 0 Å². The molecule has 0 bridgehead atoms. The Bertz CT molecular complexity index is 1320. The summed E-state index contributed by atoms with van der Waals surface area (Å²) < 4.78 is 18.2. The molecule has 198 valence electrons. The molecule has 3 aromatic carbocycles. The van der Waals surface area contributed by atoms with Crippen molar-refractivity contribution in [3.8, 4) is 17.2 Å². The summed E-state index contributed by atoms with van der Waals surface area (Å²) in [5.74, 6) is 2.52. The van der Waals surface area contributed by atoms with Crippen LogP contribution < -0.4 is 14.2 Å². The highest BCUT2D eigenvalue weighted by Gasteiger charge is 2.32. The first-order chi connectivity index (χ1) is 18.4. The molecule has 1 aliphatic rings. The Morgan fingerprint density at radius 1 is 0.947 bits per heavy atom. The van der Waals surface area contributed by atoms with Gasteiger partial charge in [-0.25, -0.2) is 0 Å². The van der Waals surface area contributed by atoms with Gasteiger partial charge in [-0.1, -0.05) is 86.4 Å². The summed E-state index contributed by atoms with van der Waals surface area (Å²) in [7, 11) is 1.61. The molecule has 0 aromatic heterocycles. The zero-order valence-electron chi connectivity index (χ0n) is 22.2. The highest BCUT2D eigenvalue weighted by atomic mass is 32.2. The van der Waals surface area contributed by atoms with Gasteiger partial charge >= 0.3 is 0 Å². The van der Waals surface area contributed by atoms with Gasteiger partial charge in [0, 0.05) is 6.42 Å². The number of carbonyl (C=O) groups is 1. The van der Waals surface area contributed by atoms with E-state index in [0.717, 1.165) is 23.3 Å². The van der Waals surface area contributed by atoms with E-state index in [-0.39, 0.29) is 5.91 Å². The van der Waals surface area contributed by atoms with Crippen molar-refractivity contribution >= 4 is 40.3 Å². The number of ether oxygens (including phenoxy) is 3. The van der Waals surface area contributed by atoms with Crippen molar-refractivity contribution < 1.29 is 19.0 Å². The third-order valence-electron chi connectivity index (χ3n) is 6.14. The molecule has 0 N–H and O–H groups in total. The van der Waals surface area contributed by atoms with E-state index in [1.165, 1.54) is 22.9 Å². The maximum atomic E-state index is 13.0. The number of carbonyl (C=O) groups excluding carboxylic acids is 1. The van der Waals surface area contributed by atoms with Crippen LogP contribution in [-0.2, 0) is 11.3 Å². The number of nitrogens with zero attached hydrogens (tertiary/aromatic N) is 1. The van der Waals surface area contributed by atoms with Crippen LogP contribution in [0.25, 0.3) is 6.08 Å². The highest BCUT2D eigenvalue weighted by molar-refractivity contribution is 8.26. The lowest BCUT2D eigenvalue weighted by atomic mass is 10.0. The Morgan fingerprint density at radius 2 is 1.68 bits per heavy atom. The van der Waals surface area contributed by atoms with Crippen LogP contribution in [-0.4, -0.2) is 35.5 Å². The second-order valence-corrected chi connectivity index (χ2v) is 11.1. The molecule has 0 aliphatic carbocycles. The van der Waals surface area contributed by atoms with Gasteiger partial charge in [0.15, 0.2) is 11.5 Å². The molecule has 38 heavy (non-hydrogen) atoms. The number of benzene rings is 3. The Morgan fingerprint density at radius 3 is 2.39 bits per heavy atom. The lowest BCUT2D eigenvalue weighted by Crippen LogP contribution is -2.27. The fourth-order valence-corrected chi connectivity index (χ4v) is 5.37. The maximum Gasteiger partial charge on any atom is 0.266 e. The van der Waals surface area contributed by atoms with Gasteiger partial charge in [-0.05, 0) is 59.4 Å². The first-order valence-electron chi connectivity index (χ1n) is 12.7. The second kappa shape index (κ2) is 13.0. The Balaban J connectivity index is 1.34. The third kappa shape index (κ3) is 6.97. The summed E-state index contributed by atoms with van der Waals surface area (Å²) in [5.41, 5.74) is 4.28. The lowest BCUT2D eigenvalue weighted by molar-refractivity contribution is -0.122. The van der Waals surface area contributed by atoms with Crippen LogP contribution in [0.4, 0.5) is 0 Å². The SMILES string of the molecule is COc1cc(/C=C2/SC(=S)N(Cc3ccccc3)C2=O)ccc1OCCCOc1cc(C)ccc1C(C)C. The van der Waals surface area contributed by atoms with Crippen LogP contribution in [0.2, 0.25) is 0 Å². The van der Waals surface area contributed by atoms with E-state index in [9.17, 15) is 4.79 Å². The highest BCUT2D eigenvalue weighted by Crippen LogP contribution is 2.35. The van der Waals surface area contributed by atoms with E-state index in [1.807, 2.05) is 54.6 Å². The standard InChI is InChI=1S/C31H33NO4S2/c1-21(2)25-13-11-22(3)17-27(25)36-16-8-15-35-26-14-12-24(18-28(26)34-4)19-29-30(33)32(31(37)38-29)20-23-9-6-5-7-10-23/h5-7,9-14,17-19,21H,8,15-16,20H2,1-4H3/b29-19+. The number of methoxy groups -OCH3 is 1. The zero-order chi connectivity index (χ0) is 27.1. The van der Waals surface area contributed by atoms with E-state index >= 15 is 0 Å². The van der Waals surface area contributed by atoms with Gasteiger partial charge in [-0.2, -0.15) is 0 Å². The summed E-state index contributed by atoms with van der Waals surface area (Å²) in [6, 6.07) is 21.9. The topological polar surface area (TPSA) is 48.0 Å². The van der Waals surface area contributed by atoms with Crippen molar-refractivity contribution in [2.45, 2.75) is 39.7 Å². The molecule has 0 atom stereocenters. The van der Waals surface area contributed by atoms with Crippen molar-refractivity contribution in [1.82, 2.24) is 4.90 Å². The molecule has 1 saturated heterocycles. The second-order valence-electron chi connectivity index (χ2n) is 9.41. The number of thiocarbonyl (C=S) groups is 1. The summed E-state index contributed by atoms with van der Waals surface area (Å²) in [4.78, 5) is 15.2. The van der Waals surface area contributed by atoms with Gasteiger partial charge in [0.1, 0.15) is 10.1 Å². The van der Waals surface area contributed by atoms with Crippen LogP contribution in [0.3, 0.4) is 0 Å². The van der Waals surface area contributed by atoms with Gasteiger partial charge in [-0.15, -0.1) is 0 Å². The monoisotopic (exact) mass is 547 g/mol. The van der Waals surface area contributed by atoms with Crippen LogP contribution >= 0.6 is 24.0 Å². The van der Waals surface area contributed by atoms with Crippen LogP contribution in [0.1, 0.15) is 48.4 Å². The molecule has 1 aliphatic heterocycles. The van der Waals surface area contributed by atoms with Crippen LogP contribution in [0, 0.1) is 6.92 Å². The predicted molar refractivity (Wildman–Crippen MR) is 159 cm³/mol. The molecule has 0 unspecified atom stereocenters. The molecule has 1 fully saturated rings. The minimum absolute atomic E-state index is 0.0858. The van der Waals surface area contributed by atoms with Gasteiger partial charge in [0.25, 0.3) is 5.91 Å². The molecular formula is C31H33NO4S2. The largest absolute Gasteiger partial charge is 0.493 e. The van der Waals surface area contributed by atoms with Gasteiger partial charge in [0.05, 0.1) is 31.8 Å². The van der Waals surface area contributed by atoms with E-state index in [1.54, 1.807) is 12.0 Å². The summed E-state index contributed by atoms with van der Waals surface area (Å²) in [6.07, 6.45) is 2.58. The van der Waals surface area contributed by atoms with Gasteiger partial charge < -0.3 is 14.2 Å². The smallest absolute Gasteiger partial charge is 0.266 e. The Hall–Kier alpha value is -3.29. The minimum atomic E-state index is -0.0858. The molecule has 4 rings (SSSR count). The Labute approximate surface area is 234 Å². The average Bonchev–Trinajstić information content (AvgIpc) is 3.16. The molecule has 0 saturated carbocycles. The van der Waals surface area contributed by atoms with Crippen molar-refractivity contribution in [2.75, 3.05) is 20.3 Å². The zero-order valence-corrected chi connectivity index (χ0v) is 23.9. The molecule has 3 aromatic rings. The molecule has 7 heteroatoms. The normalized spacial score (nSPS) is 14.4. The number of thioether (sulfide) groups is 1. The molecule has 1 amide bonds. The molecule has 5 nitrogen and oxygen atoms in total. The number of rotatable bonds is 11. The molecule has 0 radical (unpaired) electrons. The summed E-state index contributed by atoms with van der Waals surface area (Å²) in [5, 5.41) is 0. The van der Waals surface area contributed by atoms with Gasteiger partial charge in [0.2, 0.25) is 0 Å². The van der Waals surface area contributed by atoms with Crippen molar-refractivity contribution in [3.05, 3.63) is 93.9 Å². The van der Waals surface area contributed by atoms with E-state index in [4.69, 9.17) is 26.4 Å². The predicted octanol–water partition coefficient (Wildman–Crippen LogP) is 7.38. The third-order valence-corrected chi connectivity index (χ3v) is 7.52. The molecule has 1 heterocycles. The number of hydrogen-bond acceptors (Lipinski definition) is 6. The fraction of sp³-hybridized carbons (Fsp3) is 0.290. The van der Waals surface area contributed by atoms with Crippen LogP contribution in [0.5, 0.6) is 17.2 Å². The lowest BCUT2D eigenvalue weighted by Gasteiger charge is -2.15. The fourth-order valence-electron chi connectivity index (χ4n) is 4.11. The number of aryl methyl sites for hydroxylation is 1. The van der Waals surface area contributed by atoms with Gasteiger partial charge in [-0.3, -0.25) is 9.69 Å². The Kier molecular flexibility index (Phi) is 9.48. The van der Waals surface area contributed by atoms with Crippen molar-refractivity contribution in [2.24, 2.45) is 0 Å². The number of hydrogen-bond donors (Lipinski definition) is 0.